The molecule has 0 aliphatic carbocycles. The highest BCUT2D eigenvalue weighted by molar-refractivity contribution is 6.03. The van der Waals surface area contributed by atoms with Crippen LogP contribution in [0.25, 0.3) is 0 Å². The van der Waals surface area contributed by atoms with Crippen LogP contribution in [0.1, 0.15) is 13.8 Å². The Kier molecular flexibility index (Phi) is 3.16. The minimum absolute atomic E-state index is 0.0167. The van der Waals surface area contributed by atoms with Gasteiger partial charge < -0.3 is 24.4 Å². The van der Waals surface area contributed by atoms with Crippen molar-refractivity contribution in [1.29, 1.82) is 0 Å². The van der Waals surface area contributed by atoms with E-state index in [1.807, 2.05) is 32.1 Å². The molecule has 0 radical (unpaired) electrons. The smallest absolute Gasteiger partial charge is 0.234 e. The third-order valence-corrected chi connectivity index (χ3v) is 5.50. The Morgan fingerprint density at radius 3 is 2.92 bits per heavy atom. The number of ether oxygens (including phenoxy) is 3. The number of benzene rings is 1. The minimum Gasteiger partial charge on any atom is -0.454 e. The van der Waals surface area contributed by atoms with Gasteiger partial charge >= 0.3 is 0 Å². The van der Waals surface area contributed by atoms with E-state index < -0.39 is 17.4 Å². The van der Waals surface area contributed by atoms with Gasteiger partial charge in [0.2, 0.25) is 18.6 Å². The van der Waals surface area contributed by atoms with Gasteiger partial charge in [-0.3, -0.25) is 9.59 Å². The van der Waals surface area contributed by atoms with Crippen molar-refractivity contribution in [2.75, 3.05) is 18.2 Å². The van der Waals surface area contributed by atoms with E-state index in [-0.39, 0.29) is 30.8 Å². The number of hydrogen-bond donors (Lipinski definition) is 1. The van der Waals surface area contributed by atoms with Crippen molar-refractivity contribution in [3.8, 4) is 11.5 Å². The molecule has 0 unspecified atom stereocenters. The number of nitrogens with one attached hydrogen (secondary N) is 1. The summed E-state index contributed by atoms with van der Waals surface area (Å²) in [5.74, 6) is 0.0991. The van der Waals surface area contributed by atoms with Gasteiger partial charge in [0, 0.05) is 17.8 Å². The SMILES string of the molecule is CC(C)NC(=O)[C@@H]1[C@H]2C(=O)N(c3ccc4c(c3)OCO4)C[C@@]23C=C[C@H]1O3. The molecule has 7 nitrogen and oxygen atoms in total. The molecular weight excluding hydrogens is 336 g/mol. The summed E-state index contributed by atoms with van der Waals surface area (Å²) in [6.45, 7) is 4.40. The molecule has 5 rings (SSSR count). The van der Waals surface area contributed by atoms with Crippen molar-refractivity contribution in [2.45, 2.75) is 31.6 Å². The van der Waals surface area contributed by atoms with Crippen LogP contribution in [-0.4, -0.2) is 42.9 Å². The van der Waals surface area contributed by atoms with Gasteiger partial charge in [-0.2, -0.15) is 0 Å². The summed E-state index contributed by atoms with van der Waals surface area (Å²) in [5, 5.41) is 2.93. The van der Waals surface area contributed by atoms with Crippen molar-refractivity contribution in [1.82, 2.24) is 5.32 Å². The fourth-order valence-electron chi connectivity index (χ4n) is 4.45. The average Bonchev–Trinajstić information content (AvgIpc) is 3.33. The molecule has 1 aromatic rings. The Morgan fingerprint density at radius 1 is 1.31 bits per heavy atom. The zero-order valence-electron chi connectivity index (χ0n) is 14.6. The highest BCUT2D eigenvalue weighted by Crippen LogP contribution is 2.53. The normalized spacial score (nSPS) is 33.3. The monoisotopic (exact) mass is 356 g/mol. The molecule has 136 valence electrons. The van der Waals surface area contributed by atoms with Crippen molar-refractivity contribution in [2.24, 2.45) is 11.8 Å². The number of hydrogen-bond acceptors (Lipinski definition) is 5. The fourth-order valence-corrected chi connectivity index (χ4v) is 4.45. The predicted molar refractivity (Wildman–Crippen MR) is 91.9 cm³/mol. The van der Waals surface area contributed by atoms with Gasteiger partial charge in [0.15, 0.2) is 11.5 Å². The molecule has 2 bridgehead atoms. The standard InChI is InChI=1S/C19H20N2O5/c1-10(2)20-17(22)15-13-5-6-19(26-13)8-21(18(23)16(15)19)11-3-4-12-14(7-11)25-9-24-12/h3-7,10,13,15-16H,8-9H2,1-2H3,(H,20,22)/t13-,15+,16+,19+/m1/s1. The number of carbonyl (C=O) groups excluding carboxylic acids is 2. The highest BCUT2D eigenvalue weighted by Gasteiger charge is 2.67. The van der Waals surface area contributed by atoms with Gasteiger partial charge in [-0.25, -0.2) is 0 Å². The minimum atomic E-state index is -0.725. The first kappa shape index (κ1) is 15.7. The second kappa shape index (κ2) is 5.23. The molecule has 2 saturated heterocycles. The second-order valence-electron chi connectivity index (χ2n) is 7.53. The highest BCUT2D eigenvalue weighted by atomic mass is 16.7. The van der Waals surface area contributed by atoms with Crippen LogP contribution in [0.5, 0.6) is 11.5 Å². The maximum absolute atomic E-state index is 13.2. The zero-order chi connectivity index (χ0) is 18.1. The average molecular weight is 356 g/mol. The van der Waals surface area contributed by atoms with E-state index in [4.69, 9.17) is 14.2 Å². The summed E-state index contributed by atoms with van der Waals surface area (Å²) >= 11 is 0. The lowest BCUT2D eigenvalue weighted by atomic mass is 9.76. The lowest BCUT2D eigenvalue weighted by Gasteiger charge is -2.24. The van der Waals surface area contributed by atoms with Crippen LogP contribution in [0.15, 0.2) is 30.4 Å². The summed E-state index contributed by atoms with van der Waals surface area (Å²) in [4.78, 5) is 27.6. The molecule has 4 aliphatic rings. The van der Waals surface area contributed by atoms with E-state index in [0.29, 0.717) is 18.0 Å². The Hall–Kier alpha value is -2.54. The first-order valence-corrected chi connectivity index (χ1v) is 8.87. The Bertz CT molecular complexity index is 835. The van der Waals surface area contributed by atoms with E-state index >= 15 is 0 Å². The number of nitrogens with zero attached hydrogens (tertiary/aromatic N) is 1. The van der Waals surface area contributed by atoms with Crippen LogP contribution in [-0.2, 0) is 14.3 Å². The van der Waals surface area contributed by atoms with Gasteiger partial charge in [0.1, 0.15) is 5.60 Å². The topological polar surface area (TPSA) is 77.1 Å². The largest absolute Gasteiger partial charge is 0.454 e. The maximum atomic E-state index is 13.2. The fraction of sp³-hybridized carbons (Fsp3) is 0.474. The van der Waals surface area contributed by atoms with Crippen LogP contribution in [0.2, 0.25) is 0 Å². The molecule has 4 atom stereocenters. The van der Waals surface area contributed by atoms with Gasteiger partial charge in [0.05, 0.1) is 24.5 Å². The number of fused-ring (bicyclic) bond motifs is 2. The van der Waals surface area contributed by atoms with Gasteiger partial charge in [-0.05, 0) is 26.0 Å². The maximum Gasteiger partial charge on any atom is 0.234 e. The summed E-state index contributed by atoms with van der Waals surface area (Å²) in [5.41, 5.74) is 0.00314. The zero-order valence-corrected chi connectivity index (χ0v) is 14.6. The van der Waals surface area contributed by atoms with Crippen molar-refractivity contribution >= 4 is 17.5 Å². The Morgan fingerprint density at radius 2 is 2.12 bits per heavy atom. The number of carbonyl (C=O) groups is 2. The predicted octanol–water partition coefficient (Wildman–Crippen LogP) is 1.23. The Labute approximate surface area is 150 Å². The Balaban J connectivity index is 1.48. The van der Waals surface area contributed by atoms with E-state index in [0.717, 1.165) is 5.69 Å². The van der Waals surface area contributed by atoms with Crippen LogP contribution >= 0.6 is 0 Å². The molecular formula is C19H20N2O5. The van der Waals surface area contributed by atoms with Crippen LogP contribution < -0.4 is 19.7 Å². The third kappa shape index (κ3) is 2.03. The molecule has 26 heavy (non-hydrogen) atoms. The second-order valence-corrected chi connectivity index (χ2v) is 7.53. The molecule has 2 amide bonds. The summed E-state index contributed by atoms with van der Waals surface area (Å²) in [7, 11) is 0. The molecule has 4 aliphatic heterocycles. The van der Waals surface area contributed by atoms with Gasteiger partial charge in [-0.15, -0.1) is 0 Å². The summed E-state index contributed by atoms with van der Waals surface area (Å²) in [6.07, 6.45) is 3.53. The third-order valence-electron chi connectivity index (χ3n) is 5.50. The molecule has 1 N–H and O–H groups in total. The van der Waals surface area contributed by atoms with Crippen LogP contribution in [0, 0.1) is 11.8 Å². The number of rotatable bonds is 3. The molecule has 1 aromatic carbocycles. The van der Waals surface area contributed by atoms with Gasteiger partial charge in [0.25, 0.3) is 0 Å². The molecule has 2 fully saturated rings. The number of amides is 2. The lowest BCUT2D eigenvalue weighted by Crippen LogP contribution is -2.45. The first-order valence-electron chi connectivity index (χ1n) is 8.87. The molecule has 1 spiro atoms. The summed E-state index contributed by atoms with van der Waals surface area (Å²) in [6, 6.07) is 5.45. The molecule has 7 heteroatoms. The molecule has 4 heterocycles. The van der Waals surface area contributed by atoms with Crippen LogP contribution in [0.4, 0.5) is 5.69 Å². The lowest BCUT2D eigenvalue weighted by molar-refractivity contribution is -0.132. The number of anilines is 1. The van der Waals surface area contributed by atoms with E-state index in [2.05, 4.69) is 5.32 Å². The van der Waals surface area contributed by atoms with E-state index in [9.17, 15) is 9.59 Å². The quantitative estimate of drug-likeness (QED) is 0.825. The van der Waals surface area contributed by atoms with Gasteiger partial charge in [-0.1, -0.05) is 12.2 Å². The van der Waals surface area contributed by atoms with Crippen molar-refractivity contribution < 1.29 is 23.8 Å². The van der Waals surface area contributed by atoms with E-state index in [1.165, 1.54) is 0 Å². The molecule has 0 saturated carbocycles. The van der Waals surface area contributed by atoms with Crippen LogP contribution in [0.3, 0.4) is 0 Å². The molecule has 0 aromatic heterocycles. The van der Waals surface area contributed by atoms with Crippen molar-refractivity contribution in [3.63, 3.8) is 0 Å². The van der Waals surface area contributed by atoms with Crippen molar-refractivity contribution in [3.05, 3.63) is 30.4 Å². The summed E-state index contributed by atoms with van der Waals surface area (Å²) < 4.78 is 16.9. The van der Waals surface area contributed by atoms with E-state index in [1.54, 1.807) is 17.0 Å². The first-order chi connectivity index (χ1) is 12.5.